The van der Waals surface area contributed by atoms with E-state index in [9.17, 15) is 9.59 Å². The molecule has 0 bridgehead atoms. The van der Waals surface area contributed by atoms with E-state index in [4.69, 9.17) is 0 Å². The first-order valence-electron chi connectivity index (χ1n) is 14.8. The SMILES string of the molecule is Cc1ccc2c(c1)Nc1c(cnn1C)CN2C(=O)C1CCC(CNC(=O)C2CCN(CC(C)(C)C)CC2)CC1. The van der Waals surface area contributed by atoms with E-state index in [0.29, 0.717) is 17.9 Å². The van der Waals surface area contributed by atoms with Crippen LogP contribution in [0.25, 0.3) is 0 Å². The van der Waals surface area contributed by atoms with Crippen molar-refractivity contribution in [2.24, 2.45) is 30.2 Å². The molecule has 1 saturated heterocycles. The van der Waals surface area contributed by atoms with Crippen molar-refractivity contribution in [3.8, 4) is 0 Å². The van der Waals surface area contributed by atoms with Gasteiger partial charge in [0.1, 0.15) is 5.82 Å². The Kier molecular flexibility index (Phi) is 8.04. The topological polar surface area (TPSA) is 82.5 Å². The first kappa shape index (κ1) is 27.7. The lowest BCUT2D eigenvalue weighted by molar-refractivity contribution is -0.127. The summed E-state index contributed by atoms with van der Waals surface area (Å²) in [4.78, 5) is 31.2. The van der Waals surface area contributed by atoms with Gasteiger partial charge in [0.15, 0.2) is 0 Å². The quantitative estimate of drug-likeness (QED) is 0.564. The Morgan fingerprint density at radius 3 is 2.46 bits per heavy atom. The van der Waals surface area contributed by atoms with Gasteiger partial charge in [-0.15, -0.1) is 0 Å². The predicted molar refractivity (Wildman–Crippen MR) is 156 cm³/mol. The molecule has 1 saturated carbocycles. The second-order valence-electron chi connectivity index (χ2n) is 13.3. The van der Waals surface area contributed by atoms with E-state index in [2.05, 4.69) is 66.5 Å². The van der Waals surface area contributed by atoms with Crippen molar-refractivity contribution in [1.29, 1.82) is 0 Å². The van der Waals surface area contributed by atoms with Crippen molar-refractivity contribution in [3.63, 3.8) is 0 Å². The number of rotatable bonds is 5. The average molecular weight is 535 g/mol. The highest BCUT2D eigenvalue weighted by Crippen LogP contribution is 2.39. The van der Waals surface area contributed by atoms with Crippen LogP contribution in [-0.4, -0.2) is 52.7 Å². The van der Waals surface area contributed by atoms with E-state index in [1.165, 1.54) is 0 Å². The van der Waals surface area contributed by atoms with E-state index in [0.717, 1.165) is 93.0 Å². The Morgan fingerprint density at radius 1 is 1.05 bits per heavy atom. The first-order valence-corrected chi connectivity index (χ1v) is 14.8. The van der Waals surface area contributed by atoms with Gasteiger partial charge in [0.05, 0.1) is 24.1 Å². The lowest BCUT2D eigenvalue weighted by Crippen LogP contribution is -2.44. The Hall–Kier alpha value is -2.87. The number of hydrogen-bond acceptors (Lipinski definition) is 5. The maximum Gasteiger partial charge on any atom is 0.230 e. The number of piperidine rings is 1. The lowest BCUT2D eigenvalue weighted by Gasteiger charge is -2.36. The maximum absolute atomic E-state index is 13.9. The number of nitrogens with zero attached hydrogens (tertiary/aromatic N) is 4. The number of carbonyl (C=O) groups is 2. The number of nitrogens with one attached hydrogen (secondary N) is 2. The summed E-state index contributed by atoms with van der Waals surface area (Å²) in [5.74, 6) is 1.96. The summed E-state index contributed by atoms with van der Waals surface area (Å²) in [6.45, 7) is 13.3. The molecule has 2 aromatic rings. The Labute approximate surface area is 233 Å². The van der Waals surface area contributed by atoms with E-state index < -0.39 is 0 Å². The molecule has 39 heavy (non-hydrogen) atoms. The van der Waals surface area contributed by atoms with Crippen LogP contribution in [0.1, 0.15) is 70.4 Å². The molecule has 3 aliphatic rings. The van der Waals surface area contributed by atoms with Gasteiger partial charge in [-0.3, -0.25) is 14.3 Å². The lowest BCUT2D eigenvalue weighted by atomic mass is 9.81. The third-order valence-corrected chi connectivity index (χ3v) is 8.72. The molecule has 2 fully saturated rings. The Balaban J connectivity index is 1.13. The van der Waals surface area contributed by atoms with Gasteiger partial charge in [0.2, 0.25) is 11.8 Å². The molecule has 0 spiro atoms. The number of fused-ring (bicyclic) bond motifs is 2. The summed E-state index contributed by atoms with van der Waals surface area (Å²) < 4.78 is 1.84. The van der Waals surface area contributed by atoms with Crippen molar-refractivity contribution < 1.29 is 9.59 Å². The molecule has 212 valence electrons. The fourth-order valence-corrected chi connectivity index (χ4v) is 6.57. The summed E-state index contributed by atoms with van der Waals surface area (Å²) >= 11 is 0. The molecule has 0 radical (unpaired) electrons. The number of hydrogen-bond donors (Lipinski definition) is 2. The predicted octanol–water partition coefficient (Wildman–Crippen LogP) is 5.00. The van der Waals surface area contributed by atoms with Gasteiger partial charge in [-0.25, -0.2) is 0 Å². The van der Waals surface area contributed by atoms with Crippen LogP contribution >= 0.6 is 0 Å². The number of anilines is 3. The zero-order valence-electron chi connectivity index (χ0n) is 24.4. The van der Waals surface area contributed by atoms with Gasteiger partial charge in [0, 0.05) is 37.5 Å². The van der Waals surface area contributed by atoms with E-state index in [-0.39, 0.29) is 23.7 Å². The minimum absolute atomic E-state index is 0.0106. The Bertz CT molecular complexity index is 1180. The second kappa shape index (κ2) is 11.3. The fourth-order valence-electron chi connectivity index (χ4n) is 6.57. The molecule has 2 amide bonds. The molecular weight excluding hydrogens is 488 g/mol. The molecule has 2 aliphatic heterocycles. The van der Waals surface area contributed by atoms with Crippen LogP contribution in [0.5, 0.6) is 0 Å². The summed E-state index contributed by atoms with van der Waals surface area (Å²) in [5.41, 5.74) is 4.36. The summed E-state index contributed by atoms with van der Waals surface area (Å²) in [5, 5.41) is 11.2. The van der Waals surface area contributed by atoms with E-state index in [1.807, 2.05) is 22.8 Å². The molecule has 5 rings (SSSR count). The molecule has 1 aliphatic carbocycles. The highest BCUT2D eigenvalue weighted by molar-refractivity contribution is 5.99. The molecular formula is C31H46N6O2. The number of likely N-dealkylation sites (tertiary alicyclic amines) is 1. The number of aryl methyl sites for hydroxylation is 2. The van der Waals surface area contributed by atoms with Crippen LogP contribution in [-0.2, 0) is 23.2 Å². The smallest absolute Gasteiger partial charge is 0.230 e. The monoisotopic (exact) mass is 534 g/mol. The molecule has 0 unspecified atom stereocenters. The largest absolute Gasteiger partial charge is 0.356 e. The zero-order chi connectivity index (χ0) is 27.7. The minimum Gasteiger partial charge on any atom is -0.356 e. The summed E-state index contributed by atoms with van der Waals surface area (Å²) in [6, 6.07) is 6.23. The number of benzene rings is 1. The van der Waals surface area contributed by atoms with Gasteiger partial charge in [0.25, 0.3) is 0 Å². The fraction of sp³-hybridized carbons (Fsp3) is 0.645. The van der Waals surface area contributed by atoms with Gasteiger partial charge in [-0.1, -0.05) is 26.8 Å². The van der Waals surface area contributed by atoms with Gasteiger partial charge in [-0.05, 0) is 87.6 Å². The third-order valence-electron chi connectivity index (χ3n) is 8.72. The number of carbonyl (C=O) groups excluding carboxylic acids is 2. The Morgan fingerprint density at radius 2 is 1.77 bits per heavy atom. The second-order valence-corrected chi connectivity index (χ2v) is 13.3. The highest BCUT2D eigenvalue weighted by Gasteiger charge is 2.34. The molecule has 8 heteroatoms. The van der Waals surface area contributed by atoms with Gasteiger partial charge >= 0.3 is 0 Å². The summed E-state index contributed by atoms with van der Waals surface area (Å²) in [6.07, 6.45) is 7.46. The molecule has 0 atom stereocenters. The van der Waals surface area contributed by atoms with Crippen molar-refractivity contribution in [2.45, 2.75) is 72.8 Å². The van der Waals surface area contributed by atoms with E-state index >= 15 is 0 Å². The van der Waals surface area contributed by atoms with E-state index in [1.54, 1.807) is 0 Å². The van der Waals surface area contributed by atoms with Gasteiger partial charge < -0.3 is 20.4 Å². The van der Waals surface area contributed by atoms with Gasteiger partial charge in [-0.2, -0.15) is 5.10 Å². The van der Waals surface area contributed by atoms with Crippen LogP contribution in [0.15, 0.2) is 24.4 Å². The van der Waals surface area contributed by atoms with Crippen molar-refractivity contribution >= 4 is 29.0 Å². The molecule has 3 heterocycles. The van der Waals surface area contributed by atoms with Crippen LogP contribution in [0.3, 0.4) is 0 Å². The van der Waals surface area contributed by atoms with Crippen molar-refractivity contribution in [1.82, 2.24) is 20.0 Å². The van der Waals surface area contributed by atoms with Crippen molar-refractivity contribution in [2.75, 3.05) is 36.4 Å². The standard InChI is InChI=1S/C31H46N6O2/c1-21-6-11-27-26(16-21)34-28-25(18-33-35(28)5)19-37(27)30(39)24-9-7-22(8-10-24)17-32-29(38)23-12-14-36(15-13-23)20-31(2,3)4/h6,11,16,18,22-24,34H,7-10,12-15,17,19-20H2,1-5H3,(H,32,38). The normalized spacial score (nSPS) is 22.4. The molecule has 2 N–H and O–H groups in total. The number of aromatic nitrogens is 2. The summed E-state index contributed by atoms with van der Waals surface area (Å²) in [7, 11) is 1.93. The van der Waals surface area contributed by atoms with Crippen molar-refractivity contribution in [3.05, 3.63) is 35.5 Å². The van der Waals surface area contributed by atoms with Crippen LogP contribution in [0.2, 0.25) is 0 Å². The molecule has 1 aromatic carbocycles. The van der Waals surface area contributed by atoms with Crippen LogP contribution < -0.4 is 15.5 Å². The average Bonchev–Trinajstić information content (AvgIpc) is 3.15. The maximum atomic E-state index is 13.9. The number of amides is 2. The van der Waals surface area contributed by atoms with Crippen LogP contribution in [0, 0.1) is 30.1 Å². The van der Waals surface area contributed by atoms with Crippen LogP contribution in [0.4, 0.5) is 17.2 Å². The first-order chi connectivity index (χ1) is 18.6. The minimum atomic E-state index is 0.0106. The molecule has 1 aromatic heterocycles. The molecule has 8 nitrogen and oxygen atoms in total. The third kappa shape index (κ3) is 6.48. The zero-order valence-corrected chi connectivity index (χ0v) is 24.4. The highest BCUT2D eigenvalue weighted by atomic mass is 16.2.